The number of rotatable bonds is 4. The summed E-state index contributed by atoms with van der Waals surface area (Å²) in [5.74, 6) is -4.07. The molecule has 0 aliphatic carbocycles. The lowest BCUT2D eigenvalue weighted by Gasteiger charge is -2.50. The van der Waals surface area contributed by atoms with Crippen LogP contribution in [0.2, 0.25) is 0 Å². The molecule has 0 saturated carbocycles. The van der Waals surface area contributed by atoms with E-state index in [9.17, 15) is 56.8 Å². The molecule has 0 spiro atoms. The fraction of sp³-hybridized carbons (Fsp3) is 0.519. The predicted molar refractivity (Wildman–Crippen MR) is 138 cm³/mol. The molecule has 0 N–H and O–H groups in total. The molecule has 2 aromatic carbocycles. The molecular formula is C27H25F8NO6S2. The van der Waals surface area contributed by atoms with E-state index >= 15 is 0 Å². The summed E-state index contributed by atoms with van der Waals surface area (Å²) >= 11 is 0. The highest BCUT2D eigenvalue weighted by Gasteiger charge is 2.74. The number of carbonyl (C=O) groups excluding carboxylic acids is 1. The Labute approximate surface area is 247 Å². The van der Waals surface area contributed by atoms with E-state index in [1.807, 2.05) is 0 Å². The van der Waals surface area contributed by atoms with E-state index in [1.165, 1.54) is 4.90 Å². The van der Waals surface area contributed by atoms with E-state index in [2.05, 4.69) is 0 Å². The maximum absolute atomic E-state index is 14.9. The van der Waals surface area contributed by atoms with Crippen molar-refractivity contribution in [3.05, 3.63) is 59.4 Å². The largest absolute Gasteiger partial charge is 0.493 e. The van der Waals surface area contributed by atoms with Gasteiger partial charge in [0.15, 0.2) is 9.84 Å². The van der Waals surface area contributed by atoms with E-state index in [4.69, 9.17) is 4.74 Å². The number of ether oxygens (including phenoxy) is 1. The van der Waals surface area contributed by atoms with Gasteiger partial charge in [-0.2, -0.15) is 26.3 Å². The normalized spacial score (nSPS) is 24.6. The highest BCUT2D eigenvalue weighted by Crippen LogP contribution is 2.57. The number of sulfone groups is 2. The lowest BCUT2D eigenvalue weighted by Crippen LogP contribution is -2.59. The van der Waals surface area contributed by atoms with Crippen molar-refractivity contribution in [3.63, 3.8) is 0 Å². The first kappa shape index (κ1) is 32.4. The summed E-state index contributed by atoms with van der Waals surface area (Å²) in [6.45, 7) is -1.07. The number of hydrogen-bond acceptors (Lipinski definition) is 6. The molecule has 242 valence electrons. The third-order valence-corrected chi connectivity index (χ3v) is 13.1. The Morgan fingerprint density at radius 3 is 2.09 bits per heavy atom. The van der Waals surface area contributed by atoms with Crippen LogP contribution >= 0.6 is 0 Å². The third kappa shape index (κ3) is 5.03. The van der Waals surface area contributed by atoms with Gasteiger partial charge in [0.05, 0.1) is 23.0 Å². The monoisotopic (exact) mass is 675 g/mol. The Morgan fingerprint density at radius 2 is 1.52 bits per heavy atom. The summed E-state index contributed by atoms with van der Waals surface area (Å²) in [5.41, 5.74) is -7.98. The van der Waals surface area contributed by atoms with Crippen LogP contribution in [0.1, 0.15) is 30.4 Å². The molecule has 2 atom stereocenters. The zero-order valence-electron chi connectivity index (χ0n) is 22.6. The number of halogens is 8. The molecule has 2 unspecified atom stereocenters. The third-order valence-electron chi connectivity index (χ3n) is 8.73. The van der Waals surface area contributed by atoms with Crippen molar-refractivity contribution in [2.24, 2.45) is 11.8 Å². The van der Waals surface area contributed by atoms with Crippen molar-refractivity contribution in [1.29, 1.82) is 0 Å². The molecule has 17 heteroatoms. The number of likely N-dealkylation sites (tertiary alicyclic amines) is 1. The second-order valence-electron chi connectivity index (χ2n) is 11.2. The van der Waals surface area contributed by atoms with Crippen LogP contribution in [-0.4, -0.2) is 71.2 Å². The minimum Gasteiger partial charge on any atom is -0.493 e. The molecule has 2 aromatic rings. The van der Waals surface area contributed by atoms with Gasteiger partial charge >= 0.3 is 18.0 Å². The van der Waals surface area contributed by atoms with E-state index < -0.39 is 88.8 Å². The fourth-order valence-electron chi connectivity index (χ4n) is 6.35. The molecule has 3 aliphatic rings. The summed E-state index contributed by atoms with van der Waals surface area (Å²) < 4.78 is 165. The molecule has 0 bridgehead atoms. The van der Waals surface area contributed by atoms with E-state index in [0.717, 1.165) is 24.3 Å². The number of amides is 1. The number of hydrogen-bond donors (Lipinski definition) is 0. The standard InChI is InChI=1S/C27H25F8NO6S2/c28-19-2-4-20(5-3-19)44(40,41)24-9-10-36(23(37)16-7-11-43(38,39)12-8-16)14-18(24)15-42-22-13-17(1-6-21(22)24)25(29,26(30,31)32)27(33,34)35/h1-6,13,16,18H,7-12,14-15H2. The number of piperidine rings is 1. The van der Waals surface area contributed by atoms with Crippen molar-refractivity contribution in [2.45, 2.75) is 46.9 Å². The maximum atomic E-state index is 14.9. The number of benzene rings is 2. The summed E-state index contributed by atoms with van der Waals surface area (Å²) in [6.07, 6.45) is -13.1. The van der Waals surface area contributed by atoms with Crippen molar-refractivity contribution < 1.29 is 61.5 Å². The van der Waals surface area contributed by atoms with E-state index in [-0.39, 0.29) is 61.6 Å². The molecule has 3 aliphatic heterocycles. The van der Waals surface area contributed by atoms with Gasteiger partial charge in [0.2, 0.25) is 5.91 Å². The Hall–Kier alpha value is -2.95. The van der Waals surface area contributed by atoms with E-state index in [1.54, 1.807) is 0 Å². The summed E-state index contributed by atoms with van der Waals surface area (Å²) in [6, 6.07) is 4.71. The first-order valence-corrected chi connectivity index (χ1v) is 16.6. The van der Waals surface area contributed by atoms with Crippen LogP contribution in [0.15, 0.2) is 47.4 Å². The topological polar surface area (TPSA) is 97.8 Å². The minimum absolute atomic E-state index is 0.0624. The van der Waals surface area contributed by atoms with Crippen LogP contribution < -0.4 is 4.74 Å². The Balaban J connectivity index is 1.60. The molecule has 2 fully saturated rings. The van der Waals surface area contributed by atoms with Crippen LogP contribution in [0.5, 0.6) is 5.75 Å². The zero-order valence-corrected chi connectivity index (χ0v) is 24.2. The summed E-state index contributed by atoms with van der Waals surface area (Å²) in [7, 11) is -7.90. The second-order valence-corrected chi connectivity index (χ2v) is 15.7. The quantitative estimate of drug-likeness (QED) is 0.340. The van der Waals surface area contributed by atoms with E-state index in [0.29, 0.717) is 6.07 Å². The Bertz CT molecular complexity index is 1650. The average molecular weight is 676 g/mol. The Kier molecular flexibility index (Phi) is 7.79. The van der Waals surface area contributed by atoms with Crippen LogP contribution in [-0.2, 0) is 34.9 Å². The zero-order chi connectivity index (χ0) is 32.5. The molecular weight excluding hydrogens is 650 g/mol. The van der Waals surface area contributed by atoms with Gasteiger partial charge in [-0.1, -0.05) is 12.1 Å². The van der Waals surface area contributed by atoms with Gasteiger partial charge in [-0.25, -0.2) is 25.6 Å². The van der Waals surface area contributed by atoms with Gasteiger partial charge in [0, 0.05) is 36.1 Å². The summed E-state index contributed by atoms with van der Waals surface area (Å²) in [5, 5.41) is 0. The molecule has 7 nitrogen and oxygen atoms in total. The van der Waals surface area contributed by atoms with Gasteiger partial charge in [-0.3, -0.25) is 4.79 Å². The molecule has 2 saturated heterocycles. The first-order valence-electron chi connectivity index (χ1n) is 13.3. The minimum atomic E-state index is -6.42. The molecule has 1 amide bonds. The molecule has 5 rings (SSSR count). The number of fused-ring (bicyclic) bond motifs is 3. The molecule has 3 heterocycles. The average Bonchev–Trinajstić information content (AvgIpc) is 2.94. The lowest BCUT2D eigenvalue weighted by molar-refractivity contribution is -0.348. The first-order chi connectivity index (χ1) is 20.2. The van der Waals surface area contributed by atoms with Crippen molar-refractivity contribution in [3.8, 4) is 5.75 Å². The smallest absolute Gasteiger partial charge is 0.435 e. The number of nitrogens with zero attached hydrogens (tertiary/aromatic N) is 1. The Morgan fingerprint density at radius 1 is 0.932 bits per heavy atom. The highest BCUT2D eigenvalue weighted by molar-refractivity contribution is 7.92. The van der Waals surface area contributed by atoms with Gasteiger partial charge in [0.25, 0.3) is 0 Å². The number of carbonyl (C=O) groups is 1. The SMILES string of the molecule is O=C(C1CCS(=O)(=O)CC1)N1CCC2(S(=O)(=O)c3ccc(F)cc3)c3ccc(C(F)(C(F)(F)F)C(F)(F)F)cc3OCC2C1. The van der Waals surface area contributed by atoms with Crippen LogP contribution in [0.3, 0.4) is 0 Å². The lowest BCUT2D eigenvalue weighted by atomic mass is 9.76. The predicted octanol–water partition coefficient (Wildman–Crippen LogP) is 4.85. The molecule has 0 radical (unpaired) electrons. The van der Waals surface area contributed by atoms with Gasteiger partial charge in [-0.05, 0) is 49.6 Å². The summed E-state index contributed by atoms with van der Waals surface area (Å²) in [4.78, 5) is 14.3. The van der Waals surface area contributed by atoms with Crippen molar-refractivity contribution >= 4 is 25.6 Å². The van der Waals surface area contributed by atoms with Gasteiger partial charge in [-0.15, -0.1) is 0 Å². The van der Waals surface area contributed by atoms with Crippen LogP contribution in [0.25, 0.3) is 0 Å². The van der Waals surface area contributed by atoms with Gasteiger partial charge in [0.1, 0.15) is 26.2 Å². The highest BCUT2D eigenvalue weighted by atomic mass is 32.2. The van der Waals surface area contributed by atoms with Gasteiger partial charge < -0.3 is 9.64 Å². The second kappa shape index (κ2) is 10.6. The maximum Gasteiger partial charge on any atom is 0.435 e. The van der Waals surface area contributed by atoms with Crippen molar-refractivity contribution in [1.82, 2.24) is 4.90 Å². The van der Waals surface area contributed by atoms with Crippen LogP contribution in [0.4, 0.5) is 35.1 Å². The fourth-order valence-corrected chi connectivity index (χ4v) is 10.2. The molecule has 0 aromatic heterocycles. The van der Waals surface area contributed by atoms with Crippen molar-refractivity contribution in [2.75, 3.05) is 31.2 Å². The molecule has 44 heavy (non-hydrogen) atoms. The number of alkyl halides is 7. The van der Waals surface area contributed by atoms with Crippen LogP contribution in [0, 0.1) is 17.7 Å².